The topological polar surface area (TPSA) is 33.1 Å². The first kappa shape index (κ1) is 12.3. The number of aliphatic hydroxyl groups is 1. The van der Waals surface area contributed by atoms with Gasteiger partial charge >= 0.3 is 0 Å². The van der Waals surface area contributed by atoms with Gasteiger partial charge in [-0.25, -0.2) is 0 Å². The summed E-state index contributed by atoms with van der Waals surface area (Å²) in [5.74, 6) is 0. The van der Waals surface area contributed by atoms with E-state index >= 15 is 0 Å². The van der Waals surface area contributed by atoms with Gasteiger partial charge in [0.1, 0.15) is 0 Å². The van der Waals surface area contributed by atoms with Crippen LogP contribution in [0.2, 0.25) is 0 Å². The maximum atomic E-state index is 10.00. The van der Waals surface area contributed by atoms with Crippen molar-refractivity contribution in [1.29, 1.82) is 0 Å². The number of hydrogen-bond acceptors (Lipinski definition) is 2. The zero-order valence-electron chi connectivity index (χ0n) is 9.38. The first-order chi connectivity index (χ1) is 8.25. The van der Waals surface area contributed by atoms with E-state index in [1.54, 1.807) is 6.20 Å². The van der Waals surface area contributed by atoms with Crippen molar-refractivity contribution in [3.63, 3.8) is 0 Å². The fourth-order valence-electron chi connectivity index (χ4n) is 1.68. The Morgan fingerprint density at radius 1 is 1.12 bits per heavy atom. The highest BCUT2D eigenvalue weighted by atomic mass is 79.9. The minimum absolute atomic E-state index is 0.415. The fourth-order valence-corrected chi connectivity index (χ4v) is 1.92. The van der Waals surface area contributed by atoms with E-state index in [0.717, 1.165) is 22.2 Å². The van der Waals surface area contributed by atoms with Crippen LogP contribution in [0.15, 0.2) is 53.1 Å². The Kier molecular flexibility index (Phi) is 4.29. The molecule has 1 atom stereocenters. The third-order valence-corrected chi connectivity index (χ3v) is 3.12. The van der Waals surface area contributed by atoms with Crippen LogP contribution in [0, 0.1) is 0 Å². The van der Waals surface area contributed by atoms with Gasteiger partial charge in [0.05, 0.1) is 6.10 Å². The van der Waals surface area contributed by atoms with E-state index in [-0.39, 0.29) is 0 Å². The number of hydrogen-bond donors (Lipinski definition) is 1. The summed E-state index contributed by atoms with van der Waals surface area (Å²) in [4.78, 5) is 4.29. The van der Waals surface area contributed by atoms with E-state index in [4.69, 9.17) is 0 Å². The molecule has 3 heteroatoms. The molecule has 0 saturated carbocycles. The first-order valence-electron chi connectivity index (χ1n) is 5.59. The second-order valence-corrected chi connectivity index (χ2v) is 4.85. The Labute approximate surface area is 109 Å². The number of aliphatic hydroxyl groups excluding tert-OH is 1. The van der Waals surface area contributed by atoms with Gasteiger partial charge in [-0.05, 0) is 46.5 Å². The monoisotopic (exact) mass is 291 g/mol. The van der Waals surface area contributed by atoms with Crippen LogP contribution >= 0.6 is 15.9 Å². The third kappa shape index (κ3) is 3.65. The van der Waals surface area contributed by atoms with Crippen LogP contribution in [-0.2, 0) is 6.42 Å². The Hall–Kier alpha value is -1.19. The molecule has 0 aliphatic rings. The van der Waals surface area contributed by atoms with E-state index in [9.17, 15) is 5.11 Å². The Morgan fingerprint density at radius 2 is 1.88 bits per heavy atom. The SMILES string of the molecule is OC(CCc1ccc(Br)cn1)c1ccccc1. The lowest BCUT2D eigenvalue weighted by Crippen LogP contribution is -2.00. The quantitative estimate of drug-likeness (QED) is 0.935. The van der Waals surface area contributed by atoms with Crippen molar-refractivity contribution in [2.24, 2.45) is 0 Å². The second kappa shape index (κ2) is 5.94. The van der Waals surface area contributed by atoms with Crippen molar-refractivity contribution in [2.75, 3.05) is 0 Å². The van der Waals surface area contributed by atoms with Gasteiger partial charge in [0.25, 0.3) is 0 Å². The van der Waals surface area contributed by atoms with Gasteiger partial charge < -0.3 is 5.11 Å². The lowest BCUT2D eigenvalue weighted by atomic mass is 10.0. The van der Waals surface area contributed by atoms with Crippen LogP contribution in [0.25, 0.3) is 0 Å². The summed E-state index contributed by atoms with van der Waals surface area (Å²) in [7, 11) is 0. The largest absolute Gasteiger partial charge is 0.388 e. The van der Waals surface area contributed by atoms with Gasteiger partial charge in [-0.15, -0.1) is 0 Å². The normalized spacial score (nSPS) is 12.4. The maximum Gasteiger partial charge on any atom is 0.0793 e. The molecule has 0 bridgehead atoms. The summed E-state index contributed by atoms with van der Waals surface area (Å²) in [6.45, 7) is 0. The minimum Gasteiger partial charge on any atom is -0.388 e. The van der Waals surface area contributed by atoms with Crippen LogP contribution in [0.1, 0.15) is 23.8 Å². The molecule has 0 radical (unpaired) electrons. The highest BCUT2D eigenvalue weighted by Crippen LogP contribution is 2.18. The second-order valence-electron chi connectivity index (χ2n) is 3.93. The Balaban J connectivity index is 1.92. The molecular formula is C14H14BrNO. The number of pyridine rings is 1. The minimum atomic E-state index is -0.415. The molecule has 1 N–H and O–H groups in total. The van der Waals surface area contributed by atoms with Gasteiger partial charge in [-0.3, -0.25) is 4.98 Å². The molecule has 1 heterocycles. The summed E-state index contributed by atoms with van der Waals surface area (Å²) in [5.41, 5.74) is 1.97. The van der Waals surface area contributed by atoms with Gasteiger partial charge in [0.15, 0.2) is 0 Å². The Bertz CT molecular complexity index is 455. The van der Waals surface area contributed by atoms with Gasteiger partial charge in [-0.2, -0.15) is 0 Å². The predicted molar refractivity (Wildman–Crippen MR) is 71.7 cm³/mol. The van der Waals surface area contributed by atoms with E-state index in [1.165, 1.54) is 0 Å². The maximum absolute atomic E-state index is 10.00. The molecule has 2 aromatic rings. The number of halogens is 1. The summed E-state index contributed by atoms with van der Waals surface area (Å²) < 4.78 is 0.977. The molecule has 0 aliphatic heterocycles. The molecule has 2 nitrogen and oxygen atoms in total. The zero-order chi connectivity index (χ0) is 12.1. The highest BCUT2D eigenvalue weighted by molar-refractivity contribution is 9.10. The van der Waals surface area contributed by atoms with Crippen molar-refractivity contribution in [3.8, 4) is 0 Å². The first-order valence-corrected chi connectivity index (χ1v) is 6.38. The molecule has 0 fully saturated rings. The molecule has 1 aromatic carbocycles. The molecule has 1 unspecified atom stereocenters. The number of aryl methyl sites for hydroxylation is 1. The van der Waals surface area contributed by atoms with Crippen LogP contribution in [0.4, 0.5) is 0 Å². The van der Waals surface area contributed by atoms with Crippen LogP contribution < -0.4 is 0 Å². The van der Waals surface area contributed by atoms with Crippen molar-refractivity contribution in [3.05, 3.63) is 64.4 Å². The van der Waals surface area contributed by atoms with Crippen molar-refractivity contribution >= 4 is 15.9 Å². The average Bonchev–Trinajstić information content (AvgIpc) is 2.39. The van der Waals surface area contributed by atoms with Crippen molar-refractivity contribution in [2.45, 2.75) is 18.9 Å². The molecule has 1 aromatic heterocycles. The number of nitrogens with zero attached hydrogens (tertiary/aromatic N) is 1. The predicted octanol–water partition coefficient (Wildman–Crippen LogP) is 3.51. The molecule has 88 valence electrons. The third-order valence-electron chi connectivity index (χ3n) is 2.65. The average molecular weight is 292 g/mol. The molecule has 2 rings (SSSR count). The Morgan fingerprint density at radius 3 is 2.53 bits per heavy atom. The summed E-state index contributed by atoms with van der Waals surface area (Å²) in [5, 5.41) is 10.00. The molecule has 0 spiro atoms. The summed E-state index contributed by atoms with van der Waals surface area (Å²) >= 11 is 3.35. The van der Waals surface area contributed by atoms with E-state index in [1.807, 2.05) is 42.5 Å². The summed E-state index contributed by atoms with van der Waals surface area (Å²) in [6, 6.07) is 13.7. The van der Waals surface area contributed by atoms with E-state index in [0.29, 0.717) is 6.42 Å². The van der Waals surface area contributed by atoms with Crippen molar-refractivity contribution in [1.82, 2.24) is 4.98 Å². The highest BCUT2D eigenvalue weighted by Gasteiger charge is 2.07. The van der Waals surface area contributed by atoms with E-state index in [2.05, 4.69) is 20.9 Å². The standard InChI is InChI=1S/C14H14BrNO/c15-12-6-7-13(16-10-12)8-9-14(17)11-4-2-1-3-5-11/h1-7,10,14,17H,8-9H2. The van der Waals surface area contributed by atoms with Gasteiger partial charge in [0.2, 0.25) is 0 Å². The lowest BCUT2D eigenvalue weighted by molar-refractivity contribution is 0.167. The number of aromatic nitrogens is 1. The van der Waals surface area contributed by atoms with Crippen LogP contribution in [0.3, 0.4) is 0 Å². The van der Waals surface area contributed by atoms with Gasteiger partial charge in [0, 0.05) is 16.4 Å². The number of benzene rings is 1. The molecule has 17 heavy (non-hydrogen) atoms. The van der Waals surface area contributed by atoms with Crippen molar-refractivity contribution < 1.29 is 5.11 Å². The molecule has 0 amide bonds. The van der Waals surface area contributed by atoms with Crippen LogP contribution in [0.5, 0.6) is 0 Å². The summed E-state index contributed by atoms with van der Waals surface area (Å²) in [6.07, 6.45) is 2.84. The smallest absolute Gasteiger partial charge is 0.0793 e. The fraction of sp³-hybridized carbons (Fsp3) is 0.214. The van der Waals surface area contributed by atoms with Gasteiger partial charge in [-0.1, -0.05) is 30.3 Å². The lowest BCUT2D eigenvalue weighted by Gasteiger charge is -2.10. The molecule has 0 saturated heterocycles. The molecule has 0 aliphatic carbocycles. The zero-order valence-corrected chi connectivity index (χ0v) is 11.0. The number of rotatable bonds is 4. The van der Waals surface area contributed by atoms with Crippen LogP contribution in [-0.4, -0.2) is 10.1 Å². The molecular weight excluding hydrogens is 278 g/mol. The van der Waals surface area contributed by atoms with E-state index < -0.39 is 6.10 Å².